The number of fused-ring (bicyclic) bond motifs is 1. The highest BCUT2D eigenvalue weighted by molar-refractivity contribution is 6.74. The topological polar surface area (TPSA) is 44.8 Å². The predicted molar refractivity (Wildman–Crippen MR) is 98.4 cm³/mol. The van der Waals surface area contributed by atoms with E-state index in [1.807, 2.05) is 0 Å². The van der Waals surface area contributed by atoms with Crippen LogP contribution in [0.1, 0.15) is 47.0 Å². The fourth-order valence-corrected chi connectivity index (χ4v) is 5.51. The van der Waals surface area contributed by atoms with Gasteiger partial charge in [0, 0.05) is 25.0 Å². The van der Waals surface area contributed by atoms with Crippen molar-refractivity contribution in [3.8, 4) is 0 Å². The van der Waals surface area contributed by atoms with Gasteiger partial charge in [-0.25, -0.2) is 0 Å². The van der Waals surface area contributed by atoms with Gasteiger partial charge in [-0.3, -0.25) is 4.79 Å². The Morgan fingerprint density at radius 2 is 1.83 bits per heavy atom. The lowest BCUT2D eigenvalue weighted by molar-refractivity contribution is -0.127. The van der Waals surface area contributed by atoms with Crippen molar-refractivity contribution in [2.75, 3.05) is 20.5 Å². The quantitative estimate of drug-likeness (QED) is 0.405. The summed E-state index contributed by atoms with van der Waals surface area (Å²) in [7, 11) is -0.173. The second kappa shape index (κ2) is 7.56. The average Bonchev–Trinajstić information content (AvgIpc) is 2.74. The highest BCUT2D eigenvalue weighted by atomic mass is 28.4. The van der Waals surface area contributed by atoms with Crippen LogP contribution in [0.4, 0.5) is 0 Å². The van der Waals surface area contributed by atoms with E-state index in [-0.39, 0.29) is 23.0 Å². The Morgan fingerprint density at radius 3 is 2.42 bits per heavy atom. The molecule has 0 aromatic carbocycles. The molecule has 0 spiro atoms. The molecule has 5 heteroatoms. The number of hydrogen-bond acceptors (Lipinski definition) is 4. The minimum atomic E-state index is -1.82. The predicted octanol–water partition coefficient (Wildman–Crippen LogP) is 4.25. The van der Waals surface area contributed by atoms with E-state index >= 15 is 0 Å². The Morgan fingerprint density at radius 1 is 1.17 bits per heavy atom. The van der Waals surface area contributed by atoms with Crippen LogP contribution in [-0.4, -0.2) is 40.7 Å². The van der Waals surface area contributed by atoms with Crippen LogP contribution in [-0.2, 0) is 18.7 Å². The third-order valence-corrected chi connectivity index (χ3v) is 11.0. The van der Waals surface area contributed by atoms with Gasteiger partial charge < -0.3 is 13.9 Å². The standard InChI is InChI=1S/C19H36O4Si/c1-13-8-16-14(11-22-12-21-5)9-15(10-17(16)18(13)20)23-24(6,7)19(2,3)4/h13-17H,8-12H2,1-7H3/t13-,14+,15+,16+,17-/m0/s1. The Bertz CT molecular complexity index is 443. The highest BCUT2D eigenvalue weighted by Gasteiger charge is 2.50. The summed E-state index contributed by atoms with van der Waals surface area (Å²) >= 11 is 0. The van der Waals surface area contributed by atoms with E-state index in [0.717, 1.165) is 19.3 Å². The van der Waals surface area contributed by atoms with Gasteiger partial charge in [0.15, 0.2) is 8.32 Å². The third-order valence-electron chi connectivity index (χ3n) is 6.48. The molecule has 0 aromatic heterocycles. The summed E-state index contributed by atoms with van der Waals surface area (Å²) in [6.45, 7) is 14.5. The number of ketones is 1. The van der Waals surface area contributed by atoms with Crippen molar-refractivity contribution < 1.29 is 18.7 Å². The van der Waals surface area contributed by atoms with Crippen LogP contribution >= 0.6 is 0 Å². The van der Waals surface area contributed by atoms with E-state index in [4.69, 9.17) is 13.9 Å². The zero-order valence-corrected chi connectivity index (χ0v) is 17.6. The van der Waals surface area contributed by atoms with Gasteiger partial charge in [-0.15, -0.1) is 0 Å². The molecule has 0 N–H and O–H groups in total. The van der Waals surface area contributed by atoms with Gasteiger partial charge in [0.1, 0.15) is 12.6 Å². The van der Waals surface area contributed by atoms with Crippen molar-refractivity contribution in [1.82, 2.24) is 0 Å². The third kappa shape index (κ3) is 4.29. The number of rotatable bonds is 6. The largest absolute Gasteiger partial charge is 0.414 e. The summed E-state index contributed by atoms with van der Waals surface area (Å²) in [6, 6.07) is 0. The minimum Gasteiger partial charge on any atom is -0.414 e. The van der Waals surface area contributed by atoms with Crippen molar-refractivity contribution in [1.29, 1.82) is 0 Å². The number of methoxy groups -OCH3 is 1. The minimum absolute atomic E-state index is 0.166. The Hall–Kier alpha value is -0.233. The summed E-state index contributed by atoms with van der Waals surface area (Å²) in [5.41, 5.74) is 0. The van der Waals surface area contributed by atoms with Crippen LogP contribution in [0, 0.1) is 23.7 Å². The van der Waals surface area contributed by atoms with Gasteiger partial charge >= 0.3 is 0 Å². The Labute approximate surface area is 148 Å². The molecule has 0 radical (unpaired) electrons. The number of hydrogen-bond donors (Lipinski definition) is 0. The molecule has 24 heavy (non-hydrogen) atoms. The maximum absolute atomic E-state index is 12.6. The molecule has 0 saturated heterocycles. The van der Waals surface area contributed by atoms with Crippen LogP contribution in [0.25, 0.3) is 0 Å². The van der Waals surface area contributed by atoms with Crippen molar-refractivity contribution >= 4 is 14.1 Å². The first-order valence-electron chi connectivity index (χ1n) is 9.35. The summed E-state index contributed by atoms with van der Waals surface area (Å²) in [5.74, 6) is 1.67. The molecule has 5 atom stereocenters. The molecule has 0 amide bonds. The van der Waals surface area contributed by atoms with Crippen molar-refractivity contribution in [2.24, 2.45) is 23.7 Å². The Kier molecular flexibility index (Phi) is 6.33. The van der Waals surface area contributed by atoms with Crippen LogP contribution in [0.5, 0.6) is 0 Å². The van der Waals surface area contributed by atoms with Crippen LogP contribution in [0.3, 0.4) is 0 Å². The first-order valence-corrected chi connectivity index (χ1v) is 12.3. The van der Waals surface area contributed by atoms with Gasteiger partial charge in [-0.1, -0.05) is 27.7 Å². The fourth-order valence-electron chi connectivity index (χ4n) is 4.13. The Balaban J connectivity index is 2.10. The van der Waals surface area contributed by atoms with Crippen molar-refractivity contribution in [2.45, 2.75) is 71.2 Å². The van der Waals surface area contributed by atoms with E-state index in [9.17, 15) is 4.79 Å². The molecule has 2 aliphatic carbocycles. The molecule has 0 unspecified atom stereocenters. The van der Waals surface area contributed by atoms with E-state index in [2.05, 4.69) is 40.8 Å². The zero-order chi connectivity index (χ0) is 18.1. The van der Waals surface area contributed by atoms with E-state index < -0.39 is 8.32 Å². The number of carbonyl (C=O) groups is 1. The molecule has 2 fully saturated rings. The molecule has 2 aliphatic rings. The SMILES string of the molecule is COCOC[C@H]1C[C@@H](O[Si](C)(C)C(C)(C)C)C[C@@H]2C(=O)[C@@H](C)C[C@H]12. The molecular formula is C19H36O4Si. The van der Waals surface area contributed by atoms with Gasteiger partial charge in [0.2, 0.25) is 0 Å². The second-order valence-corrected chi connectivity index (χ2v) is 14.1. The van der Waals surface area contributed by atoms with Gasteiger partial charge in [-0.05, 0) is 49.2 Å². The van der Waals surface area contributed by atoms with Crippen molar-refractivity contribution in [3.63, 3.8) is 0 Å². The van der Waals surface area contributed by atoms with Gasteiger partial charge in [0.25, 0.3) is 0 Å². The maximum atomic E-state index is 12.6. The van der Waals surface area contributed by atoms with E-state index in [0.29, 0.717) is 31.0 Å². The number of Topliss-reactive ketones (excluding diaryl/α,β-unsaturated/α-hetero) is 1. The lowest BCUT2D eigenvalue weighted by Crippen LogP contribution is -2.47. The molecular weight excluding hydrogens is 320 g/mol. The summed E-state index contributed by atoms with van der Waals surface area (Å²) in [4.78, 5) is 12.6. The zero-order valence-electron chi connectivity index (χ0n) is 16.6. The lowest BCUT2D eigenvalue weighted by atomic mass is 9.73. The fraction of sp³-hybridized carbons (Fsp3) is 0.947. The average molecular weight is 357 g/mol. The number of carbonyl (C=O) groups excluding carboxylic acids is 1. The highest BCUT2D eigenvalue weighted by Crippen LogP contribution is 2.48. The molecule has 0 heterocycles. The van der Waals surface area contributed by atoms with E-state index in [1.165, 1.54) is 0 Å². The van der Waals surface area contributed by atoms with Crippen LogP contribution in [0.15, 0.2) is 0 Å². The summed E-state index contributed by atoms with van der Waals surface area (Å²) in [5, 5.41) is 0.193. The van der Waals surface area contributed by atoms with Crippen molar-refractivity contribution in [3.05, 3.63) is 0 Å². The molecule has 0 aliphatic heterocycles. The van der Waals surface area contributed by atoms with Crippen LogP contribution < -0.4 is 0 Å². The van der Waals surface area contributed by atoms with Gasteiger partial charge in [-0.2, -0.15) is 0 Å². The first-order chi connectivity index (χ1) is 11.1. The lowest BCUT2D eigenvalue weighted by Gasteiger charge is -2.44. The first kappa shape index (κ1) is 20.1. The summed E-state index contributed by atoms with van der Waals surface area (Å²) < 4.78 is 17.4. The van der Waals surface area contributed by atoms with Gasteiger partial charge in [0.05, 0.1) is 6.61 Å². The molecule has 0 bridgehead atoms. The molecule has 2 saturated carbocycles. The second-order valence-electron chi connectivity index (χ2n) is 9.32. The molecule has 4 nitrogen and oxygen atoms in total. The van der Waals surface area contributed by atoms with Crippen LogP contribution in [0.2, 0.25) is 18.1 Å². The monoisotopic (exact) mass is 356 g/mol. The molecule has 140 valence electrons. The normalized spacial score (nSPS) is 34.5. The van der Waals surface area contributed by atoms with E-state index in [1.54, 1.807) is 7.11 Å². The molecule has 2 rings (SSSR count). The maximum Gasteiger partial charge on any atom is 0.192 e. The number of ether oxygens (including phenoxy) is 2. The summed E-state index contributed by atoms with van der Waals surface area (Å²) in [6.07, 6.45) is 3.12. The molecule has 0 aromatic rings. The smallest absolute Gasteiger partial charge is 0.192 e.